The van der Waals surface area contributed by atoms with Crippen LogP contribution in [-0.4, -0.2) is 37.0 Å². The van der Waals surface area contributed by atoms with Crippen LogP contribution in [0, 0.1) is 0 Å². The standard InChI is InChI=1S/C19H21ClN6O4/c1-4-11-7-5-6-8-12(11)22-13(27)9-21-14(28)10-26-15-16(23-18(26)20)24(2)19(30)25(3)17(15)29/h5-8H,4,9-10H2,1-3H3,(H,21,28)(H,22,27). The minimum atomic E-state index is -0.616. The zero-order valence-electron chi connectivity index (χ0n) is 16.7. The molecule has 0 fully saturated rings. The van der Waals surface area contributed by atoms with Crippen LogP contribution < -0.4 is 21.9 Å². The van der Waals surface area contributed by atoms with Crippen molar-refractivity contribution in [1.82, 2.24) is 24.0 Å². The van der Waals surface area contributed by atoms with E-state index in [-0.39, 0.29) is 35.4 Å². The number of halogens is 1. The van der Waals surface area contributed by atoms with E-state index < -0.39 is 17.2 Å². The summed E-state index contributed by atoms with van der Waals surface area (Å²) in [7, 11) is 2.78. The molecular weight excluding hydrogens is 412 g/mol. The summed E-state index contributed by atoms with van der Waals surface area (Å²) in [5.41, 5.74) is 0.606. The van der Waals surface area contributed by atoms with Gasteiger partial charge in [0.05, 0.1) is 6.54 Å². The fraction of sp³-hybridized carbons (Fsp3) is 0.316. The van der Waals surface area contributed by atoms with E-state index in [9.17, 15) is 19.2 Å². The van der Waals surface area contributed by atoms with Gasteiger partial charge >= 0.3 is 5.69 Å². The summed E-state index contributed by atoms with van der Waals surface area (Å²) in [6.45, 7) is 1.39. The van der Waals surface area contributed by atoms with Crippen molar-refractivity contribution in [2.75, 3.05) is 11.9 Å². The van der Waals surface area contributed by atoms with E-state index in [1.165, 1.54) is 23.2 Å². The van der Waals surface area contributed by atoms with Crippen molar-refractivity contribution in [1.29, 1.82) is 0 Å². The average molecular weight is 433 g/mol. The van der Waals surface area contributed by atoms with Crippen molar-refractivity contribution in [3.8, 4) is 0 Å². The molecule has 0 saturated carbocycles. The number of amides is 2. The Hall–Kier alpha value is -3.40. The molecule has 0 aliphatic carbocycles. The molecular formula is C19H21ClN6O4. The molecule has 0 atom stereocenters. The molecule has 11 heteroatoms. The van der Waals surface area contributed by atoms with Gasteiger partial charge in [0, 0.05) is 19.8 Å². The van der Waals surface area contributed by atoms with E-state index in [4.69, 9.17) is 11.6 Å². The third-order valence-electron chi connectivity index (χ3n) is 4.72. The molecule has 0 unspecified atom stereocenters. The first kappa shape index (κ1) is 21.3. The minimum absolute atomic E-state index is 0.0288. The van der Waals surface area contributed by atoms with E-state index in [1.807, 2.05) is 25.1 Å². The third kappa shape index (κ3) is 3.99. The van der Waals surface area contributed by atoms with Crippen LogP contribution in [-0.2, 0) is 36.6 Å². The molecule has 0 bridgehead atoms. The van der Waals surface area contributed by atoms with Crippen LogP contribution in [0.4, 0.5) is 5.69 Å². The van der Waals surface area contributed by atoms with Gasteiger partial charge < -0.3 is 10.6 Å². The average Bonchev–Trinajstić information content (AvgIpc) is 3.05. The highest BCUT2D eigenvalue weighted by Gasteiger charge is 2.20. The number of fused-ring (bicyclic) bond motifs is 1. The Labute approximate surface area is 176 Å². The molecule has 2 heterocycles. The van der Waals surface area contributed by atoms with Crippen molar-refractivity contribution < 1.29 is 9.59 Å². The summed E-state index contributed by atoms with van der Waals surface area (Å²) in [6, 6.07) is 7.40. The summed E-state index contributed by atoms with van der Waals surface area (Å²) in [6.07, 6.45) is 0.756. The highest BCUT2D eigenvalue weighted by Crippen LogP contribution is 2.16. The van der Waals surface area contributed by atoms with Gasteiger partial charge in [-0.1, -0.05) is 25.1 Å². The molecule has 2 amide bonds. The second-order valence-corrected chi connectivity index (χ2v) is 7.02. The Balaban J connectivity index is 1.73. The lowest BCUT2D eigenvalue weighted by Gasteiger charge is -2.11. The van der Waals surface area contributed by atoms with Gasteiger partial charge in [-0.15, -0.1) is 0 Å². The molecule has 158 valence electrons. The van der Waals surface area contributed by atoms with Gasteiger partial charge in [-0.2, -0.15) is 4.98 Å². The Morgan fingerprint density at radius 2 is 1.80 bits per heavy atom. The molecule has 3 rings (SSSR count). The van der Waals surface area contributed by atoms with Crippen LogP contribution in [0.1, 0.15) is 12.5 Å². The summed E-state index contributed by atoms with van der Waals surface area (Å²) >= 11 is 6.09. The van der Waals surface area contributed by atoms with Crippen LogP contribution >= 0.6 is 11.6 Å². The van der Waals surface area contributed by atoms with E-state index >= 15 is 0 Å². The van der Waals surface area contributed by atoms with E-state index in [0.29, 0.717) is 5.69 Å². The SMILES string of the molecule is CCc1ccccc1NC(=O)CNC(=O)Cn1c(Cl)nc2c1c(=O)n(C)c(=O)n2C. The van der Waals surface area contributed by atoms with E-state index in [1.54, 1.807) is 6.07 Å². The first-order valence-electron chi connectivity index (χ1n) is 9.20. The van der Waals surface area contributed by atoms with Gasteiger partial charge in [-0.25, -0.2) is 4.79 Å². The zero-order chi connectivity index (χ0) is 22.0. The Morgan fingerprint density at radius 3 is 2.50 bits per heavy atom. The number of rotatable bonds is 6. The van der Waals surface area contributed by atoms with Crippen LogP contribution in [0.5, 0.6) is 0 Å². The fourth-order valence-electron chi connectivity index (χ4n) is 3.09. The van der Waals surface area contributed by atoms with Crippen molar-refractivity contribution in [2.24, 2.45) is 14.1 Å². The number of hydrogen-bond acceptors (Lipinski definition) is 5. The van der Waals surface area contributed by atoms with Crippen molar-refractivity contribution in [2.45, 2.75) is 19.9 Å². The normalized spacial score (nSPS) is 10.9. The van der Waals surface area contributed by atoms with Gasteiger partial charge in [0.25, 0.3) is 5.56 Å². The lowest BCUT2D eigenvalue weighted by molar-refractivity contribution is -0.124. The maximum absolute atomic E-state index is 12.5. The summed E-state index contributed by atoms with van der Waals surface area (Å²) < 4.78 is 3.29. The van der Waals surface area contributed by atoms with Crippen molar-refractivity contribution >= 4 is 40.3 Å². The third-order valence-corrected chi connectivity index (χ3v) is 5.01. The summed E-state index contributed by atoms with van der Waals surface area (Å²) in [4.78, 5) is 53.1. The number of aryl methyl sites for hydroxylation is 2. The van der Waals surface area contributed by atoms with Crippen LogP contribution in [0.3, 0.4) is 0 Å². The molecule has 30 heavy (non-hydrogen) atoms. The number of aromatic nitrogens is 4. The maximum Gasteiger partial charge on any atom is 0.332 e. The van der Waals surface area contributed by atoms with E-state index in [2.05, 4.69) is 15.6 Å². The van der Waals surface area contributed by atoms with Gasteiger partial charge in [0.15, 0.2) is 11.2 Å². The molecule has 2 N–H and O–H groups in total. The smallest absolute Gasteiger partial charge is 0.332 e. The van der Waals surface area contributed by atoms with Crippen LogP contribution in [0.2, 0.25) is 5.28 Å². The molecule has 1 aromatic carbocycles. The van der Waals surface area contributed by atoms with E-state index in [0.717, 1.165) is 16.6 Å². The number of hydrogen-bond donors (Lipinski definition) is 2. The number of carbonyl (C=O) groups excluding carboxylic acids is 2. The predicted molar refractivity (Wildman–Crippen MR) is 113 cm³/mol. The fourth-order valence-corrected chi connectivity index (χ4v) is 3.31. The number of benzene rings is 1. The number of para-hydroxylation sites is 1. The maximum atomic E-state index is 12.5. The number of nitrogens with one attached hydrogen (secondary N) is 2. The van der Waals surface area contributed by atoms with Crippen LogP contribution in [0.15, 0.2) is 33.9 Å². The number of anilines is 1. The van der Waals surface area contributed by atoms with Gasteiger partial charge in [-0.05, 0) is 29.7 Å². The highest BCUT2D eigenvalue weighted by molar-refractivity contribution is 6.29. The molecule has 0 radical (unpaired) electrons. The molecule has 2 aromatic heterocycles. The van der Waals surface area contributed by atoms with Crippen molar-refractivity contribution in [3.05, 3.63) is 56.0 Å². The van der Waals surface area contributed by atoms with Gasteiger partial charge in [0.1, 0.15) is 6.54 Å². The summed E-state index contributed by atoms with van der Waals surface area (Å²) in [5.74, 6) is -0.921. The molecule has 3 aromatic rings. The molecule has 10 nitrogen and oxygen atoms in total. The lowest BCUT2D eigenvalue weighted by Crippen LogP contribution is -2.38. The highest BCUT2D eigenvalue weighted by atomic mass is 35.5. The minimum Gasteiger partial charge on any atom is -0.345 e. The van der Waals surface area contributed by atoms with Crippen molar-refractivity contribution in [3.63, 3.8) is 0 Å². The number of imidazole rings is 1. The largest absolute Gasteiger partial charge is 0.345 e. The monoisotopic (exact) mass is 432 g/mol. The predicted octanol–water partition coefficient (Wildman–Crippen LogP) is 0.404. The second kappa shape index (κ2) is 8.54. The molecule has 0 saturated heterocycles. The molecule has 0 aliphatic rings. The first-order chi connectivity index (χ1) is 14.2. The van der Waals surface area contributed by atoms with Crippen LogP contribution in [0.25, 0.3) is 11.2 Å². The van der Waals surface area contributed by atoms with Gasteiger partial charge in [-0.3, -0.25) is 28.1 Å². The number of nitrogens with zero attached hydrogens (tertiary/aromatic N) is 4. The molecule has 0 spiro atoms. The lowest BCUT2D eigenvalue weighted by atomic mass is 10.1. The molecule has 0 aliphatic heterocycles. The Morgan fingerprint density at radius 1 is 1.10 bits per heavy atom. The Kier molecular flexibility index (Phi) is 6.06. The topological polar surface area (TPSA) is 120 Å². The second-order valence-electron chi connectivity index (χ2n) is 6.68. The quantitative estimate of drug-likeness (QED) is 0.546. The number of carbonyl (C=O) groups is 2. The first-order valence-corrected chi connectivity index (χ1v) is 9.58. The van der Waals surface area contributed by atoms with Gasteiger partial charge in [0.2, 0.25) is 17.1 Å². The zero-order valence-corrected chi connectivity index (χ0v) is 17.5. The summed E-state index contributed by atoms with van der Waals surface area (Å²) in [5, 5.41) is 5.14. The Bertz CT molecular complexity index is 1260.